The van der Waals surface area contributed by atoms with Crippen LogP contribution in [0, 0.1) is 6.92 Å². The number of hydrogen-bond donors (Lipinski definition) is 2. The number of nitrogens with zero attached hydrogens (tertiary/aromatic N) is 2. The highest BCUT2D eigenvalue weighted by molar-refractivity contribution is 5.90. The molecular formula is C18H30N4O4. The van der Waals surface area contributed by atoms with E-state index in [2.05, 4.69) is 15.6 Å². The first-order chi connectivity index (χ1) is 12.5. The van der Waals surface area contributed by atoms with Gasteiger partial charge in [0.1, 0.15) is 23.6 Å². The molecule has 8 nitrogen and oxygen atoms in total. The van der Waals surface area contributed by atoms with Crippen LogP contribution in [0.1, 0.15) is 49.1 Å². The molecule has 0 bridgehead atoms. The Labute approximate surface area is 155 Å². The molecule has 0 fully saturated rings. The molecule has 0 radical (unpaired) electrons. The van der Waals surface area contributed by atoms with Crippen LogP contribution in [0.4, 0.5) is 0 Å². The first kappa shape index (κ1) is 21.5. The smallest absolute Gasteiger partial charge is 0.341 e. The van der Waals surface area contributed by atoms with Crippen molar-refractivity contribution >= 4 is 17.8 Å². The van der Waals surface area contributed by atoms with E-state index in [1.807, 2.05) is 20.8 Å². The van der Waals surface area contributed by atoms with E-state index < -0.39 is 5.97 Å². The minimum absolute atomic E-state index is 0.114. The Kier molecular flexibility index (Phi) is 9.25. The van der Waals surface area contributed by atoms with E-state index in [0.717, 1.165) is 0 Å². The second-order valence-electron chi connectivity index (χ2n) is 5.61. The van der Waals surface area contributed by atoms with Crippen molar-refractivity contribution in [3.8, 4) is 0 Å². The topological polar surface area (TPSA) is 96.2 Å². The molecule has 1 aromatic heterocycles. The second-order valence-corrected chi connectivity index (χ2v) is 5.61. The first-order valence-electron chi connectivity index (χ1n) is 8.94. The van der Waals surface area contributed by atoms with E-state index >= 15 is 0 Å². The van der Waals surface area contributed by atoms with Crippen molar-refractivity contribution in [3.05, 3.63) is 23.2 Å². The number of rotatable bonds is 9. The van der Waals surface area contributed by atoms with Gasteiger partial charge < -0.3 is 24.7 Å². The van der Waals surface area contributed by atoms with Crippen molar-refractivity contribution in [1.82, 2.24) is 15.5 Å². The summed E-state index contributed by atoms with van der Waals surface area (Å²) in [6, 6.07) is 1.64. The van der Waals surface area contributed by atoms with E-state index in [0.29, 0.717) is 55.6 Å². The van der Waals surface area contributed by atoms with E-state index in [9.17, 15) is 9.59 Å². The summed E-state index contributed by atoms with van der Waals surface area (Å²) < 4.78 is 10.3. The number of methoxy groups -OCH3 is 1. The van der Waals surface area contributed by atoms with Crippen LogP contribution < -0.4 is 10.6 Å². The molecule has 0 aliphatic rings. The monoisotopic (exact) mass is 366 g/mol. The molecule has 1 heterocycles. The highest BCUT2D eigenvalue weighted by atomic mass is 16.5. The molecule has 0 atom stereocenters. The maximum atomic E-state index is 12.0. The number of carbonyl (C=O) groups excluding carboxylic acids is 2. The number of furan rings is 1. The first-order valence-corrected chi connectivity index (χ1v) is 8.94. The van der Waals surface area contributed by atoms with Gasteiger partial charge in [0.2, 0.25) is 5.91 Å². The maximum Gasteiger partial charge on any atom is 0.341 e. The molecule has 0 aliphatic heterocycles. The Morgan fingerprint density at radius 1 is 1.23 bits per heavy atom. The van der Waals surface area contributed by atoms with Crippen LogP contribution in [-0.4, -0.2) is 56.0 Å². The van der Waals surface area contributed by atoms with Crippen molar-refractivity contribution in [3.63, 3.8) is 0 Å². The fourth-order valence-corrected chi connectivity index (χ4v) is 2.46. The van der Waals surface area contributed by atoms with Crippen molar-refractivity contribution in [2.75, 3.05) is 33.3 Å². The molecule has 26 heavy (non-hydrogen) atoms. The summed E-state index contributed by atoms with van der Waals surface area (Å²) in [6.07, 6.45) is 0.401. The summed E-state index contributed by atoms with van der Waals surface area (Å²) in [5.74, 6) is 1.35. The van der Waals surface area contributed by atoms with Gasteiger partial charge in [0, 0.05) is 32.6 Å². The Hall–Kier alpha value is -2.51. The number of amides is 1. The normalized spacial score (nSPS) is 11.2. The number of aliphatic imine (C=N–C) groups is 1. The average Bonchev–Trinajstić information content (AvgIpc) is 3.00. The molecule has 1 rings (SSSR count). The quantitative estimate of drug-likeness (QED) is 0.392. The molecule has 1 amide bonds. The molecule has 0 spiro atoms. The standard InChI is InChI=1S/C18H30N4O4/c1-6-19-18(20-10-9-16(23)22(7-2)8-3)21-12-14-11-15(13(4)26-14)17(24)25-5/h11H,6-10,12H2,1-5H3,(H2,19,20,21). The second kappa shape index (κ2) is 11.2. The minimum Gasteiger partial charge on any atom is -0.465 e. The van der Waals surface area contributed by atoms with Crippen LogP contribution >= 0.6 is 0 Å². The van der Waals surface area contributed by atoms with Crippen LogP contribution in [-0.2, 0) is 16.1 Å². The molecule has 2 N–H and O–H groups in total. The molecule has 8 heteroatoms. The van der Waals surface area contributed by atoms with Crippen LogP contribution in [0.3, 0.4) is 0 Å². The molecule has 0 aromatic carbocycles. The lowest BCUT2D eigenvalue weighted by Gasteiger charge is -2.19. The third kappa shape index (κ3) is 6.42. The molecule has 0 saturated heterocycles. The Bertz CT molecular complexity index is 621. The van der Waals surface area contributed by atoms with Gasteiger partial charge in [-0.05, 0) is 33.8 Å². The summed E-state index contributed by atoms with van der Waals surface area (Å²) in [4.78, 5) is 29.9. The van der Waals surface area contributed by atoms with Gasteiger partial charge >= 0.3 is 5.97 Å². The van der Waals surface area contributed by atoms with Gasteiger partial charge in [-0.2, -0.15) is 0 Å². The maximum absolute atomic E-state index is 12.0. The molecular weight excluding hydrogens is 336 g/mol. The fourth-order valence-electron chi connectivity index (χ4n) is 2.46. The predicted octanol–water partition coefficient (Wildman–Crippen LogP) is 1.69. The number of esters is 1. The number of aryl methyl sites for hydroxylation is 1. The predicted molar refractivity (Wildman–Crippen MR) is 100 cm³/mol. The summed E-state index contributed by atoms with van der Waals surface area (Å²) >= 11 is 0. The van der Waals surface area contributed by atoms with E-state index in [1.54, 1.807) is 17.9 Å². The summed E-state index contributed by atoms with van der Waals surface area (Å²) in [6.45, 7) is 10.5. The van der Waals surface area contributed by atoms with Gasteiger partial charge in [0.15, 0.2) is 5.96 Å². The van der Waals surface area contributed by atoms with Gasteiger partial charge in [0.25, 0.3) is 0 Å². The number of guanidine groups is 1. The molecule has 1 aromatic rings. The summed E-state index contributed by atoms with van der Waals surface area (Å²) in [5, 5.41) is 6.26. The lowest BCUT2D eigenvalue weighted by Crippen LogP contribution is -2.40. The van der Waals surface area contributed by atoms with Crippen LogP contribution in [0.15, 0.2) is 15.5 Å². The zero-order chi connectivity index (χ0) is 19.5. The number of nitrogens with one attached hydrogen (secondary N) is 2. The fraction of sp³-hybridized carbons (Fsp3) is 0.611. The third-order valence-electron chi connectivity index (χ3n) is 3.86. The van der Waals surface area contributed by atoms with E-state index in [-0.39, 0.29) is 12.5 Å². The van der Waals surface area contributed by atoms with Crippen molar-refractivity contribution < 1.29 is 18.7 Å². The average molecular weight is 366 g/mol. The zero-order valence-corrected chi connectivity index (χ0v) is 16.3. The van der Waals surface area contributed by atoms with E-state index in [4.69, 9.17) is 9.15 Å². The molecule has 0 saturated carbocycles. The highest BCUT2D eigenvalue weighted by Gasteiger charge is 2.15. The van der Waals surface area contributed by atoms with Gasteiger partial charge in [0.05, 0.1) is 7.11 Å². The SMILES string of the molecule is CCNC(=NCc1cc(C(=O)OC)c(C)o1)NCCC(=O)N(CC)CC. The van der Waals surface area contributed by atoms with Gasteiger partial charge in [-0.3, -0.25) is 4.79 Å². The third-order valence-corrected chi connectivity index (χ3v) is 3.86. The zero-order valence-electron chi connectivity index (χ0n) is 16.3. The van der Waals surface area contributed by atoms with Crippen molar-refractivity contribution in [2.24, 2.45) is 4.99 Å². The van der Waals surface area contributed by atoms with E-state index in [1.165, 1.54) is 7.11 Å². The highest BCUT2D eigenvalue weighted by Crippen LogP contribution is 2.16. The van der Waals surface area contributed by atoms with Gasteiger partial charge in [-0.1, -0.05) is 0 Å². The van der Waals surface area contributed by atoms with Crippen LogP contribution in [0.2, 0.25) is 0 Å². The molecule has 0 unspecified atom stereocenters. The van der Waals surface area contributed by atoms with Gasteiger partial charge in [-0.15, -0.1) is 0 Å². The lowest BCUT2D eigenvalue weighted by atomic mass is 10.2. The number of hydrogen-bond acceptors (Lipinski definition) is 5. The molecule has 0 aliphatic carbocycles. The lowest BCUT2D eigenvalue weighted by molar-refractivity contribution is -0.130. The van der Waals surface area contributed by atoms with Crippen LogP contribution in [0.5, 0.6) is 0 Å². The van der Waals surface area contributed by atoms with Crippen molar-refractivity contribution in [1.29, 1.82) is 0 Å². The molecule has 146 valence electrons. The Balaban J connectivity index is 2.63. The number of ether oxygens (including phenoxy) is 1. The Morgan fingerprint density at radius 3 is 2.50 bits per heavy atom. The number of carbonyl (C=O) groups is 2. The minimum atomic E-state index is -0.429. The summed E-state index contributed by atoms with van der Waals surface area (Å²) in [7, 11) is 1.33. The van der Waals surface area contributed by atoms with Crippen LogP contribution in [0.25, 0.3) is 0 Å². The van der Waals surface area contributed by atoms with Gasteiger partial charge in [-0.25, -0.2) is 9.79 Å². The van der Waals surface area contributed by atoms with Crippen molar-refractivity contribution in [2.45, 2.75) is 40.7 Å². The largest absolute Gasteiger partial charge is 0.465 e. The Morgan fingerprint density at radius 2 is 1.92 bits per heavy atom. The summed E-state index contributed by atoms with van der Waals surface area (Å²) in [5.41, 5.74) is 0.403.